The molecule has 1 saturated carbocycles. The number of methoxy groups -OCH3 is 1. The van der Waals surface area contributed by atoms with Gasteiger partial charge in [-0.05, 0) is 54.5 Å². The van der Waals surface area contributed by atoms with E-state index in [1.54, 1.807) is 18.4 Å². The quantitative estimate of drug-likeness (QED) is 0.683. The maximum atomic E-state index is 5.98. The lowest BCUT2D eigenvalue weighted by Gasteiger charge is -2.37. The minimum atomic E-state index is 0.101. The van der Waals surface area contributed by atoms with Crippen LogP contribution >= 0.6 is 11.3 Å². The van der Waals surface area contributed by atoms with Crippen molar-refractivity contribution in [2.75, 3.05) is 13.7 Å². The third kappa shape index (κ3) is 2.56. The van der Waals surface area contributed by atoms with Gasteiger partial charge in [0.15, 0.2) is 0 Å². The smallest absolute Gasteiger partial charge is 0.257 e. The maximum absolute atomic E-state index is 5.98. The zero-order valence-electron chi connectivity index (χ0n) is 14.9. The number of benzene rings is 1. The molecule has 1 aromatic carbocycles. The normalized spacial score (nSPS) is 19.3. The van der Waals surface area contributed by atoms with E-state index >= 15 is 0 Å². The predicted molar refractivity (Wildman–Crippen MR) is 100 cm³/mol. The Morgan fingerprint density at radius 1 is 1.27 bits per heavy atom. The first-order valence-corrected chi connectivity index (χ1v) is 9.85. The number of rotatable bonds is 4. The summed E-state index contributed by atoms with van der Waals surface area (Å²) in [7, 11) is 1.74. The summed E-state index contributed by atoms with van der Waals surface area (Å²) >= 11 is 1.62. The molecule has 2 aliphatic rings. The Labute approximate surface area is 156 Å². The molecule has 6 heteroatoms. The van der Waals surface area contributed by atoms with Crippen LogP contribution in [-0.2, 0) is 12.0 Å². The highest BCUT2D eigenvalue weighted by Crippen LogP contribution is 2.54. The van der Waals surface area contributed by atoms with Gasteiger partial charge < -0.3 is 9.15 Å². The Morgan fingerprint density at radius 3 is 2.88 bits per heavy atom. The van der Waals surface area contributed by atoms with Crippen molar-refractivity contribution in [2.45, 2.75) is 37.8 Å². The van der Waals surface area contributed by atoms with Crippen molar-refractivity contribution in [2.24, 2.45) is 0 Å². The third-order valence-corrected chi connectivity index (χ3v) is 6.56. The topological polar surface area (TPSA) is 51.4 Å². The molecule has 134 valence electrons. The molecule has 0 radical (unpaired) electrons. The fourth-order valence-electron chi connectivity index (χ4n) is 3.97. The van der Waals surface area contributed by atoms with Crippen molar-refractivity contribution in [3.05, 3.63) is 52.7 Å². The molecule has 1 aliphatic carbocycles. The molecule has 3 heterocycles. The highest BCUT2D eigenvalue weighted by molar-refractivity contribution is 7.13. The van der Waals surface area contributed by atoms with Gasteiger partial charge in [-0.15, -0.1) is 21.5 Å². The Morgan fingerprint density at radius 2 is 2.15 bits per heavy atom. The predicted octanol–water partition coefficient (Wildman–Crippen LogP) is 4.42. The molecule has 1 aliphatic heterocycles. The van der Waals surface area contributed by atoms with Gasteiger partial charge in [-0.2, -0.15) is 0 Å². The van der Waals surface area contributed by atoms with Gasteiger partial charge in [0.1, 0.15) is 5.75 Å². The van der Waals surface area contributed by atoms with Crippen LogP contribution in [0.5, 0.6) is 5.75 Å². The number of hydrogen-bond donors (Lipinski definition) is 0. The van der Waals surface area contributed by atoms with E-state index < -0.39 is 0 Å². The van der Waals surface area contributed by atoms with Crippen LogP contribution in [0.2, 0.25) is 0 Å². The summed E-state index contributed by atoms with van der Waals surface area (Å²) in [4.78, 5) is 3.48. The molecule has 2 aromatic heterocycles. The second kappa shape index (κ2) is 5.93. The summed E-state index contributed by atoms with van der Waals surface area (Å²) in [6.07, 6.45) is 2.47. The van der Waals surface area contributed by atoms with Crippen molar-refractivity contribution in [3.63, 3.8) is 0 Å². The lowest BCUT2D eigenvalue weighted by atomic mass is 9.86. The Kier molecular flexibility index (Phi) is 3.65. The largest absolute Gasteiger partial charge is 0.497 e. The van der Waals surface area contributed by atoms with Gasteiger partial charge in [0.05, 0.1) is 18.0 Å². The van der Waals surface area contributed by atoms with Crippen LogP contribution in [0.4, 0.5) is 0 Å². The average Bonchev–Trinajstić information content (AvgIpc) is 3.09. The van der Waals surface area contributed by atoms with Crippen molar-refractivity contribution in [3.8, 4) is 16.5 Å². The van der Waals surface area contributed by atoms with E-state index in [4.69, 9.17) is 9.15 Å². The molecule has 5 nitrogen and oxygen atoms in total. The lowest BCUT2D eigenvalue weighted by molar-refractivity contribution is 0.145. The molecule has 0 N–H and O–H groups in total. The average molecular weight is 367 g/mol. The summed E-state index contributed by atoms with van der Waals surface area (Å²) < 4.78 is 11.4. The summed E-state index contributed by atoms with van der Waals surface area (Å²) in [5.74, 6) is 2.26. The minimum Gasteiger partial charge on any atom is -0.497 e. The number of hydrogen-bond acceptors (Lipinski definition) is 6. The van der Waals surface area contributed by atoms with Crippen molar-refractivity contribution in [1.82, 2.24) is 15.1 Å². The van der Waals surface area contributed by atoms with Crippen LogP contribution in [0.15, 0.2) is 40.1 Å². The van der Waals surface area contributed by atoms with Gasteiger partial charge in [-0.1, -0.05) is 12.1 Å². The zero-order chi connectivity index (χ0) is 17.7. The SMILES string of the molecule is COc1ccc2c(c1)C1(CC1)CN(C(C)c1nnc(-c3cccs3)o1)C2. The molecule has 0 bridgehead atoms. The van der Waals surface area contributed by atoms with Gasteiger partial charge in [0.25, 0.3) is 5.89 Å². The van der Waals surface area contributed by atoms with E-state index in [9.17, 15) is 0 Å². The zero-order valence-corrected chi connectivity index (χ0v) is 15.8. The van der Waals surface area contributed by atoms with E-state index in [2.05, 4.69) is 40.2 Å². The first-order valence-electron chi connectivity index (χ1n) is 8.97. The Bertz CT molecular complexity index is 930. The van der Waals surface area contributed by atoms with Crippen LogP contribution < -0.4 is 4.74 Å². The molecule has 5 rings (SSSR count). The second-order valence-electron chi connectivity index (χ2n) is 7.31. The number of ether oxygens (including phenoxy) is 1. The van der Waals surface area contributed by atoms with Crippen LogP contribution in [0.3, 0.4) is 0 Å². The molecule has 0 amide bonds. The van der Waals surface area contributed by atoms with Crippen molar-refractivity contribution in [1.29, 1.82) is 0 Å². The van der Waals surface area contributed by atoms with E-state index in [0.717, 1.165) is 23.7 Å². The van der Waals surface area contributed by atoms with Crippen molar-refractivity contribution < 1.29 is 9.15 Å². The van der Waals surface area contributed by atoms with Gasteiger partial charge >= 0.3 is 0 Å². The highest BCUT2D eigenvalue weighted by Gasteiger charge is 2.50. The van der Waals surface area contributed by atoms with Gasteiger partial charge in [0.2, 0.25) is 5.89 Å². The monoisotopic (exact) mass is 367 g/mol. The number of thiophene rings is 1. The Balaban J connectivity index is 1.42. The summed E-state index contributed by atoms with van der Waals surface area (Å²) in [6, 6.07) is 10.6. The molecule has 1 spiro atoms. The molecule has 0 saturated heterocycles. The fourth-order valence-corrected chi connectivity index (χ4v) is 4.62. The van der Waals surface area contributed by atoms with Gasteiger partial charge in [-0.3, -0.25) is 4.90 Å². The van der Waals surface area contributed by atoms with Crippen LogP contribution in [0.25, 0.3) is 10.8 Å². The molecule has 1 unspecified atom stereocenters. The Hall–Kier alpha value is -2.18. The molecule has 1 fully saturated rings. The first-order chi connectivity index (χ1) is 12.7. The summed E-state index contributed by atoms with van der Waals surface area (Å²) in [5, 5.41) is 10.6. The summed E-state index contributed by atoms with van der Waals surface area (Å²) in [5.41, 5.74) is 3.12. The van der Waals surface area contributed by atoms with Crippen molar-refractivity contribution >= 4 is 11.3 Å². The number of aromatic nitrogens is 2. The van der Waals surface area contributed by atoms with E-state index in [-0.39, 0.29) is 11.5 Å². The van der Waals surface area contributed by atoms with E-state index in [1.165, 1.54) is 24.0 Å². The first kappa shape index (κ1) is 16.0. The maximum Gasteiger partial charge on any atom is 0.257 e. The molecule has 1 atom stereocenters. The lowest BCUT2D eigenvalue weighted by Crippen LogP contribution is -2.39. The van der Waals surface area contributed by atoms with Crippen LogP contribution in [0, 0.1) is 0 Å². The number of fused-ring (bicyclic) bond motifs is 2. The minimum absolute atomic E-state index is 0.101. The standard InChI is InChI=1S/C20H21N3O2S/c1-13(18-21-22-19(25-18)17-4-3-9-26-17)23-11-14-5-6-15(24-2)10-16(14)20(12-23)7-8-20/h3-6,9-10,13H,7-8,11-12H2,1-2H3. The second-order valence-corrected chi connectivity index (χ2v) is 8.25. The van der Waals surface area contributed by atoms with Gasteiger partial charge in [-0.25, -0.2) is 0 Å². The summed E-state index contributed by atoms with van der Waals surface area (Å²) in [6.45, 7) is 4.10. The molecular weight excluding hydrogens is 346 g/mol. The molecule has 26 heavy (non-hydrogen) atoms. The fraction of sp³-hybridized carbons (Fsp3) is 0.400. The number of nitrogens with zero attached hydrogens (tertiary/aromatic N) is 3. The highest BCUT2D eigenvalue weighted by atomic mass is 32.1. The third-order valence-electron chi connectivity index (χ3n) is 5.70. The molecular formula is C20H21N3O2S. The van der Waals surface area contributed by atoms with Crippen LogP contribution in [0.1, 0.15) is 42.8 Å². The van der Waals surface area contributed by atoms with Crippen LogP contribution in [-0.4, -0.2) is 28.8 Å². The molecule has 3 aromatic rings. The van der Waals surface area contributed by atoms with E-state index in [1.807, 2.05) is 17.5 Å². The van der Waals surface area contributed by atoms with E-state index in [0.29, 0.717) is 11.8 Å². The van der Waals surface area contributed by atoms with Gasteiger partial charge in [0, 0.05) is 18.5 Å².